The fourth-order valence-corrected chi connectivity index (χ4v) is 2.96. The molecule has 0 saturated heterocycles. The number of hydrogen-bond donors (Lipinski definition) is 2. The van der Waals surface area contributed by atoms with Gasteiger partial charge in [-0.15, -0.1) is 15.3 Å². The van der Waals surface area contributed by atoms with Crippen LogP contribution in [-0.4, -0.2) is 63.3 Å². The van der Waals surface area contributed by atoms with Gasteiger partial charge in [0.15, 0.2) is 11.5 Å². The molecule has 0 saturated carbocycles. The number of benzene rings is 1. The zero-order valence-electron chi connectivity index (χ0n) is 16.7. The molecule has 154 valence electrons. The lowest BCUT2D eigenvalue weighted by Gasteiger charge is -2.18. The molecule has 3 aromatic rings. The van der Waals surface area contributed by atoms with Crippen LogP contribution in [0, 0.1) is 5.82 Å². The highest BCUT2D eigenvalue weighted by molar-refractivity contribution is 5.94. The van der Waals surface area contributed by atoms with Gasteiger partial charge in [-0.1, -0.05) is 13.8 Å². The maximum atomic E-state index is 13.0. The predicted molar refractivity (Wildman–Crippen MR) is 109 cm³/mol. The number of nitrogens with zero attached hydrogens (tertiary/aromatic N) is 5. The average Bonchev–Trinajstić information content (AvgIpc) is 3.14. The van der Waals surface area contributed by atoms with Crippen molar-refractivity contribution in [2.24, 2.45) is 0 Å². The van der Waals surface area contributed by atoms with Gasteiger partial charge < -0.3 is 15.5 Å². The van der Waals surface area contributed by atoms with Crippen LogP contribution in [0.25, 0.3) is 5.65 Å². The molecule has 9 heteroatoms. The molecule has 2 N–H and O–H groups in total. The van der Waals surface area contributed by atoms with Gasteiger partial charge in [-0.25, -0.2) is 4.39 Å². The van der Waals surface area contributed by atoms with E-state index in [4.69, 9.17) is 0 Å². The molecule has 0 aliphatic rings. The first kappa shape index (κ1) is 20.7. The summed E-state index contributed by atoms with van der Waals surface area (Å²) in [7, 11) is 0. The topological polar surface area (TPSA) is 87.5 Å². The van der Waals surface area contributed by atoms with Crippen LogP contribution >= 0.6 is 0 Å². The largest absolute Gasteiger partial charge is 0.367 e. The van der Waals surface area contributed by atoms with Crippen LogP contribution in [0.2, 0.25) is 0 Å². The van der Waals surface area contributed by atoms with Crippen LogP contribution in [0.3, 0.4) is 0 Å². The summed E-state index contributed by atoms with van der Waals surface area (Å²) in [6.45, 7) is 8.44. The molecule has 0 unspecified atom stereocenters. The van der Waals surface area contributed by atoms with E-state index in [1.807, 2.05) is 12.1 Å². The molecular weight excluding hydrogens is 373 g/mol. The molecule has 3 rings (SSSR count). The summed E-state index contributed by atoms with van der Waals surface area (Å²) in [6, 6.07) is 9.18. The van der Waals surface area contributed by atoms with E-state index in [9.17, 15) is 9.18 Å². The van der Waals surface area contributed by atoms with Gasteiger partial charge in [-0.3, -0.25) is 4.79 Å². The van der Waals surface area contributed by atoms with Crippen molar-refractivity contribution >= 4 is 17.4 Å². The zero-order chi connectivity index (χ0) is 20.6. The predicted octanol–water partition coefficient (Wildman–Crippen LogP) is 1.99. The van der Waals surface area contributed by atoms with Crippen molar-refractivity contribution in [3.63, 3.8) is 0 Å². The second kappa shape index (κ2) is 9.92. The molecule has 29 heavy (non-hydrogen) atoms. The Morgan fingerprint density at radius 2 is 1.83 bits per heavy atom. The van der Waals surface area contributed by atoms with Crippen molar-refractivity contribution in [2.45, 2.75) is 20.3 Å². The summed E-state index contributed by atoms with van der Waals surface area (Å²) in [5, 5.41) is 19.0. The van der Waals surface area contributed by atoms with E-state index in [2.05, 4.69) is 44.7 Å². The summed E-state index contributed by atoms with van der Waals surface area (Å²) in [5.74, 6) is 0.780. The maximum Gasteiger partial charge on any atom is 0.251 e. The molecule has 1 aromatic carbocycles. The summed E-state index contributed by atoms with van der Waals surface area (Å²) in [5.41, 5.74) is 1.06. The number of likely N-dealkylation sites (N-methyl/N-ethyl adjacent to an activating group) is 1. The van der Waals surface area contributed by atoms with Crippen molar-refractivity contribution in [3.8, 4) is 0 Å². The smallest absolute Gasteiger partial charge is 0.251 e. The number of amides is 1. The molecule has 0 spiro atoms. The first-order valence-electron chi connectivity index (χ1n) is 9.82. The Labute approximate surface area is 169 Å². The van der Waals surface area contributed by atoms with Gasteiger partial charge in [0.2, 0.25) is 0 Å². The Balaban J connectivity index is 1.56. The Morgan fingerprint density at radius 1 is 1.07 bits per heavy atom. The minimum Gasteiger partial charge on any atom is -0.367 e. The summed E-state index contributed by atoms with van der Waals surface area (Å²) < 4.78 is 14.6. The van der Waals surface area contributed by atoms with Crippen LogP contribution in [-0.2, 0) is 6.42 Å². The molecule has 0 aliphatic heterocycles. The van der Waals surface area contributed by atoms with Crippen molar-refractivity contribution in [2.75, 3.05) is 38.0 Å². The normalized spacial score (nSPS) is 11.2. The summed E-state index contributed by atoms with van der Waals surface area (Å²) in [6.07, 6.45) is 0.476. The Kier molecular flexibility index (Phi) is 7.07. The van der Waals surface area contributed by atoms with Crippen molar-refractivity contribution < 1.29 is 9.18 Å². The first-order chi connectivity index (χ1) is 14.1. The van der Waals surface area contributed by atoms with E-state index in [0.29, 0.717) is 30.0 Å². The minimum atomic E-state index is -0.371. The lowest BCUT2D eigenvalue weighted by Crippen LogP contribution is -2.28. The summed E-state index contributed by atoms with van der Waals surface area (Å²) in [4.78, 5) is 14.5. The lowest BCUT2D eigenvalue weighted by atomic mass is 10.2. The molecule has 8 nitrogen and oxygen atoms in total. The second-order valence-electron chi connectivity index (χ2n) is 6.57. The standard InChI is InChI=1S/C20H26FN7O/c1-3-27(4-2)14-13-22-17-9-10-18-24-25-19(28(18)26-17)11-12-23-20(29)15-5-7-16(21)8-6-15/h5-10H,3-4,11-14H2,1-2H3,(H,22,26)(H,23,29). The lowest BCUT2D eigenvalue weighted by molar-refractivity contribution is 0.0954. The van der Waals surface area contributed by atoms with Crippen LogP contribution in [0.5, 0.6) is 0 Å². The summed E-state index contributed by atoms with van der Waals surface area (Å²) >= 11 is 0. The van der Waals surface area contributed by atoms with E-state index in [0.717, 1.165) is 32.0 Å². The number of rotatable bonds is 10. The van der Waals surface area contributed by atoms with Crippen LogP contribution in [0.1, 0.15) is 30.0 Å². The molecule has 2 aromatic heterocycles. The monoisotopic (exact) mass is 399 g/mol. The fourth-order valence-electron chi connectivity index (χ4n) is 2.96. The van der Waals surface area contributed by atoms with E-state index in [1.54, 1.807) is 4.52 Å². The van der Waals surface area contributed by atoms with Crippen molar-refractivity contribution in [3.05, 3.63) is 53.6 Å². The number of nitrogens with one attached hydrogen (secondary N) is 2. The highest BCUT2D eigenvalue weighted by Gasteiger charge is 2.10. The average molecular weight is 399 g/mol. The third kappa shape index (κ3) is 5.47. The Morgan fingerprint density at radius 3 is 2.55 bits per heavy atom. The molecular formula is C20H26FN7O. The number of carbonyl (C=O) groups excluding carboxylic acids is 1. The number of fused-ring (bicyclic) bond motifs is 1. The van der Waals surface area contributed by atoms with Gasteiger partial charge in [0.25, 0.3) is 5.91 Å². The number of anilines is 1. The van der Waals surface area contributed by atoms with Gasteiger partial charge >= 0.3 is 0 Å². The van der Waals surface area contributed by atoms with Gasteiger partial charge in [0.05, 0.1) is 0 Å². The molecule has 0 bridgehead atoms. The molecule has 0 aliphatic carbocycles. The van der Waals surface area contributed by atoms with Gasteiger partial charge in [-0.05, 0) is 49.5 Å². The Bertz CT molecular complexity index is 938. The van der Waals surface area contributed by atoms with E-state index >= 15 is 0 Å². The zero-order valence-corrected chi connectivity index (χ0v) is 16.7. The number of aromatic nitrogens is 4. The molecule has 1 amide bonds. The SMILES string of the molecule is CCN(CC)CCNc1ccc2nnc(CCNC(=O)c3ccc(F)cc3)n2n1. The number of hydrogen-bond acceptors (Lipinski definition) is 6. The van der Waals surface area contributed by atoms with E-state index in [-0.39, 0.29) is 11.7 Å². The van der Waals surface area contributed by atoms with Crippen molar-refractivity contribution in [1.29, 1.82) is 0 Å². The highest BCUT2D eigenvalue weighted by Crippen LogP contribution is 2.08. The number of carbonyl (C=O) groups is 1. The number of halogens is 1. The maximum absolute atomic E-state index is 13.0. The minimum absolute atomic E-state index is 0.259. The second-order valence-corrected chi connectivity index (χ2v) is 6.57. The van der Waals surface area contributed by atoms with Gasteiger partial charge in [-0.2, -0.15) is 4.52 Å². The van der Waals surface area contributed by atoms with Crippen LogP contribution < -0.4 is 10.6 Å². The molecule has 0 atom stereocenters. The van der Waals surface area contributed by atoms with E-state index < -0.39 is 0 Å². The van der Waals surface area contributed by atoms with Gasteiger partial charge in [0, 0.05) is 31.6 Å². The third-order valence-corrected chi connectivity index (χ3v) is 4.70. The fraction of sp³-hybridized carbons (Fsp3) is 0.400. The molecule has 0 radical (unpaired) electrons. The first-order valence-corrected chi connectivity index (χ1v) is 9.82. The van der Waals surface area contributed by atoms with Crippen molar-refractivity contribution in [1.82, 2.24) is 30.0 Å². The van der Waals surface area contributed by atoms with Crippen LogP contribution in [0.15, 0.2) is 36.4 Å². The third-order valence-electron chi connectivity index (χ3n) is 4.70. The van der Waals surface area contributed by atoms with E-state index in [1.165, 1.54) is 24.3 Å². The highest BCUT2D eigenvalue weighted by atomic mass is 19.1. The van der Waals surface area contributed by atoms with Gasteiger partial charge in [0.1, 0.15) is 11.6 Å². The quantitative estimate of drug-likeness (QED) is 0.542. The molecule has 0 fully saturated rings. The Hall–Kier alpha value is -3.07. The molecule has 2 heterocycles. The van der Waals surface area contributed by atoms with Crippen LogP contribution in [0.4, 0.5) is 10.2 Å².